The van der Waals surface area contributed by atoms with Crippen molar-refractivity contribution in [1.29, 1.82) is 0 Å². The Hall–Kier alpha value is -2.82. The van der Waals surface area contributed by atoms with Gasteiger partial charge < -0.3 is 15.1 Å². The fourth-order valence-corrected chi connectivity index (χ4v) is 3.09. The lowest BCUT2D eigenvalue weighted by Crippen LogP contribution is -2.19. The highest BCUT2D eigenvalue weighted by molar-refractivity contribution is 6.15. The zero-order valence-electron chi connectivity index (χ0n) is 13.4. The van der Waals surface area contributed by atoms with Crippen LogP contribution in [0.5, 0.6) is 5.75 Å². The third kappa shape index (κ3) is 2.97. The smallest absolute Gasteiger partial charge is 0.336 e. The fourth-order valence-electron chi connectivity index (χ4n) is 3.09. The van der Waals surface area contributed by atoms with Crippen LogP contribution in [0, 0.1) is 5.92 Å². The number of carbonyl (C=O) groups is 2. The number of phenols is 1. The molecule has 1 saturated heterocycles. The third-order valence-electron chi connectivity index (χ3n) is 4.42. The Morgan fingerprint density at radius 2 is 1.79 bits per heavy atom. The molecule has 0 aromatic heterocycles. The van der Waals surface area contributed by atoms with Gasteiger partial charge in [0.05, 0.1) is 11.1 Å². The molecule has 5 nitrogen and oxygen atoms in total. The minimum Gasteiger partial charge on any atom is -0.507 e. The molecule has 2 aromatic carbocycles. The number of rotatable bonds is 4. The Kier molecular flexibility index (Phi) is 4.25. The molecule has 0 spiro atoms. The number of anilines is 1. The number of carbonyl (C=O) groups excluding carboxylic acids is 1. The largest absolute Gasteiger partial charge is 0.507 e. The van der Waals surface area contributed by atoms with Crippen LogP contribution in [0.15, 0.2) is 42.5 Å². The van der Waals surface area contributed by atoms with Crippen LogP contribution in [-0.4, -0.2) is 35.1 Å². The van der Waals surface area contributed by atoms with E-state index in [0.29, 0.717) is 5.92 Å². The number of ketones is 1. The average Bonchev–Trinajstić information content (AvgIpc) is 3.00. The number of hydrogen-bond donors (Lipinski definition) is 2. The van der Waals surface area contributed by atoms with Crippen molar-refractivity contribution in [3.05, 3.63) is 59.2 Å². The molecule has 1 fully saturated rings. The second kappa shape index (κ2) is 6.35. The Morgan fingerprint density at radius 3 is 2.38 bits per heavy atom. The summed E-state index contributed by atoms with van der Waals surface area (Å²) in [5.74, 6) is -1.18. The van der Waals surface area contributed by atoms with Gasteiger partial charge in [-0.05, 0) is 30.5 Å². The van der Waals surface area contributed by atoms with Crippen molar-refractivity contribution >= 4 is 17.4 Å². The van der Waals surface area contributed by atoms with E-state index in [1.54, 1.807) is 30.3 Å². The topological polar surface area (TPSA) is 77.8 Å². The first-order valence-corrected chi connectivity index (χ1v) is 7.92. The molecular weight excluding hydrogens is 306 g/mol. The van der Waals surface area contributed by atoms with E-state index < -0.39 is 11.8 Å². The maximum Gasteiger partial charge on any atom is 0.336 e. The van der Waals surface area contributed by atoms with Gasteiger partial charge >= 0.3 is 5.97 Å². The van der Waals surface area contributed by atoms with Gasteiger partial charge in [0.25, 0.3) is 0 Å². The van der Waals surface area contributed by atoms with Crippen molar-refractivity contribution in [2.24, 2.45) is 5.92 Å². The number of carboxylic acids is 1. The molecule has 1 atom stereocenters. The van der Waals surface area contributed by atoms with Crippen molar-refractivity contribution in [2.45, 2.75) is 13.3 Å². The molecule has 1 aliphatic rings. The molecule has 1 aliphatic heterocycles. The van der Waals surface area contributed by atoms with E-state index in [0.717, 1.165) is 25.2 Å². The standard InChI is InChI=1S/C19H19NO4/c1-12-8-9-20(11-12)13-6-7-16(17(21)10-13)18(22)14-4-2-3-5-15(14)19(23)24/h2-7,10,12,21H,8-9,11H2,1H3,(H,23,24). The quantitative estimate of drug-likeness (QED) is 0.844. The molecular formula is C19H19NO4. The molecule has 0 aliphatic carbocycles. The molecule has 0 amide bonds. The van der Waals surface area contributed by atoms with Crippen molar-refractivity contribution in [2.75, 3.05) is 18.0 Å². The van der Waals surface area contributed by atoms with E-state index in [4.69, 9.17) is 0 Å². The van der Waals surface area contributed by atoms with Crippen LogP contribution in [0.2, 0.25) is 0 Å². The van der Waals surface area contributed by atoms with E-state index in [1.165, 1.54) is 12.1 Å². The number of hydrogen-bond acceptors (Lipinski definition) is 4. The molecule has 0 bridgehead atoms. The van der Waals surface area contributed by atoms with Crippen molar-refractivity contribution in [3.8, 4) is 5.75 Å². The van der Waals surface area contributed by atoms with Crippen LogP contribution < -0.4 is 4.90 Å². The maximum atomic E-state index is 12.6. The average molecular weight is 325 g/mol. The van der Waals surface area contributed by atoms with Gasteiger partial charge in [-0.3, -0.25) is 4.79 Å². The van der Waals surface area contributed by atoms with Crippen LogP contribution in [-0.2, 0) is 0 Å². The predicted molar refractivity (Wildman–Crippen MR) is 90.9 cm³/mol. The molecule has 1 heterocycles. The number of aromatic hydroxyl groups is 1. The van der Waals surface area contributed by atoms with Gasteiger partial charge in [-0.1, -0.05) is 25.1 Å². The van der Waals surface area contributed by atoms with Gasteiger partial charge in [-0.25, -0.2) is 4.79 Å². The van der Waals surface area contributed by atoms with Gasteiger partial charge in [0.1, 0.15) is 5.75 Å². The van der Waals surface area contributed by atoms with E-state index in [2.05, 4.69) is 11.8 Å². The lowest BCUT2D eigenvalue weighted by Gasteiger charge is -2.19. The van der Waals surface area contributed by atoms with Crippen molar-refractivity contribution < 1.29 is 19.8 Å². The molecule has 5 heteroatoms. The van der Waals surface area contributed by atoms with Crippen molar-refractivity contribution in [3.63, 3.8) is 0 Å². The van der Waals surface area contributed by atoms with E-state index in [-0.39, 0.29) is 22.4 Å². The first-order valence-electron chi connectivity index (χ1n) is 7.92. The Balaban J connectivity index is 1.93. The number of phenolic OH excluding ortho intramolecular Hbond substituents is 1. The summed E-state index contributed by atoms with van der Waals surface area (Å²) in [4.78, 5) is 26.1. The number of aromatic carboxylic acids is 1. The highest BCUT2D eigenvalue weighted by atomic mass is 16.4. The second-order valence-electron chi connectivity index (χ2n) is 6.22. The van der Waals surface area contributed by atoms with E-state index in [9.17, 15) is 19.8 Å². The van der Waals surface area contributed by atoms with Crippen LogP contribution in [0.4, 0.5) is 5.69 Å². The summed E-state index contributed by atoms with van der Waals surface area (Å²) in [5, 5.41) is 19.5. The van der Waals surface area contributed by atoms with Crippen molar-refractivity contribution in [1.82, 2.24) is 0 Å². The predicted octanol–water partition coefficient (Wildman–Crippen LogP) is 3.17. The minimum atomic E-state index is -1.17. The van der Waals surface area contributed by atoms with Crippen LogP contribution in [0.1, 0.15) is 39.6 Å². The molecule has 0 saturated carbocycles. The van der Waals surface area contributed by atoms with Gasteiger partial charge in [0.2, 0.25) is 0 Å². The fraction of sp³-hybridized carbons (Fsp3) is 0.263. The van der Waals surface area contributed by atoms with Gasteiger partial charge in [0, 0.05) is 30.4 Å². The minimum absolute atomic E-state index is 0.0701. The van der Waals surface area contributed by atoms with E-state index >= 15 is 0 Å². The monoisotopic (exact) mass is 325 g/mol. The lowest BCUT2D eigenvalue weighted by atomic mass is 9.97. The molecule has 2 aromatic rings. The molecule has 2 N–H and O–H groups in total. The van der Waals surface area contributed by atoms with Gasteiger partial charge in [-0.15, -0.1) is 0 Å². The molecule has 24 heavy (non-hydrogen) atoms. The first kappa shape index (κ1) is 16.1. The Labute approximate surface area is 140 Å². The summed E-state index contributed by atoms with van der Waals surface area (Å²) < 4.78 is 0. The molecule has 124 valence electrons. The summed E-state index contributed by atoms with van der Waals surface area (Å²) in [6.07, 6.45) is 1.10. The number of benzene rings is 2. The second-order valence-corrected chi connectivity index (χ2v) is 6.22. The first-order chi connectivity index (χ1) is 11.5. The van der Waals surface area contributed by atoms with Crippen LogP contribution in [0.3, 0.4) is 0 Å². The SMILES string of the molecule is CC1CCN(c2ccc(C(=O)c3ccccc3C(=O)O)c(O)c2)C1. The Bertz CT molecular complexity index is 800. The Morgan fingerprint density at radius 1 is 1.08 bits per heavy atom. The lowest BCUT2D eigenvalue weighted by molar-refractivity contribution is 0.0692. The maximum absolute atomic E-state index is 12.6. The number of carboxylic acid groups (broad SMARTS) is 1. The van der Waals surface area contributed by atoms with Gasteiger partial charge in [-0.2, -0.15) is 0 Å². The summed E-state index contributed by atoms with van der Waals surface area (Å²) in [7, 11) is 0. The van der Waals surface area contributed by atoms with Crippen LogP contribution in [0.25, 0.3) is 0 Å². The highest BCUT2D eigenvalue weighted by Gasteiger charge is 2.23. The molecule has 1 unspecified atom stereocenters. The number of nitrogens with zero attached hydrogens (tertiary/aromatic N) is 1. The van der Waals surface area contributed by atoms with E-state index in [1.807, 2.05) is 0 Å². The van der Waals surface area contributed by atoms with Crippen LogP contribution >= 0.6 is 0 Å². The summed E-state index contributed by atoms with van der Waals surface area (Å²) in [6, 6.07) is 11.0. The zero-order chi connectivity index (χ0) is 17.3. The highest BCUT2D eigenvalue weighted by Crippen LogP contribution is 2.30. The summed E-state index contributed by atoms with van der Waals surface area (Å²) >= 11 is 0. The normalized spacial score (nSPS) is 17.0. The summed E-state index contributed by atoms with van der Waals surface area (Å²) in [5.41, 5.74) is 0.988. The zero-order valence-corrected chi connectivity index (χ0v) is 13.4. The van der Waals surface area contributed by atoms with Gasteiger partial charge in [0.15, 0.2) is 5.78 Å². The molecule has 0 radical (unpaired) electrons. The summed E-state index contributed by atoms with van der Waals surface area (Å²) in [6.45, 7) is 4.03. The molecule has 3 rings (SSSR count). The third-order valence-corrected chi connectivity index (χ3v) is 4.42.